The van der Waals surface area contributed by atoms with Gasteiger partial charge in [-0.3, -0.25) is 9.59 Å². The van der Waals surface area contributed by atoms with E-state index in [-0.39, 0.29) is 5.56 Å². The molecule has 1 atom stereocenters. The first-order valence-electron chi connectivity index (χ1n) is 11.5. The Morgan fingerprint density at radius 1 is 0.943 bits per heavy atom. The van der Waals surface area contributed by atoms with E-state index in [1.54, 1.807) is 60.7 Å². The normalized spacial score (nSPS) is 17.0. The van der Waals surface area contributed by atoms with Crippen LogP contribution in [0.1, 0.15) is 40.0 Å². The smallest absolute Gasteiger partial charge is 0.266 e. The highest BCUT2D eigenvalue weighted by Gasteiger charge is 2.37. The second kappa shape index (κ2) is 9.98. The van der Waals surface area contributed by atoms with Gasteiger partial charge in [-0.05, 0) is 80.4 Å². The maximum Gasteiger partial charge on any atom is 0.266 e. The van der Waals surface area contributed by atoms with Crippen LogP contribution >= 0.6 is 11.6 Å². The van der Waals surface area contributed by atoms with Gasteiger partial charge in [-0.25, -0.2) is 4.90 Å². The van der Waals surface area contributed by atoms with Crippen molar-refractivity contribution in [3.63, 3.8) is 0 Å². The third-order valence-electron chi connectivity index (χ3n) is 6.20. The Morgan fingerprint density at radius 3 is 2.46 bits per heavy atom. The molecule has 2 aliphatic heterocycles. The number of benzene rings is 3. The molecule has 3 aromatic rings. The average molecular weight is 493 g/mol. The number of imide groups is 1. The van der Waals surface area contributed by atoms with E-state index in [1.807, 2.05) is 0 Å². The summed E-state index contributed by atoms with van der Waals surface area (Å²) in [5.41, 5.74) is 1.02. The summed E-state index contributed by atoms with van der Waals surface area (Å²) in [6.45, 7) is 1.61. The van der Waals surface area contributed by atoms with Crippen molar-refractivity contribution in [1.29, 1.82) is 0 Å². The van der Waals surface area contributed by atoms with Crippen LogP contribution in [0.4, 0.5) is 5.69 Å². The molecule has 1 unspecified atom stereocenters. The monoisotopic (exact) mass is 492 g/mol. The first kappa shape index (κ1) is 23.2. The van der Waals surface area contributed by atoms with Crippen molar-refractivity contribution in [2.24, 2.45) is 0 Å². The van der Waals surface area contributed by atoms with Crippen LogP contribution < -0.4 is 24.4 Å². The summed E-state index contributed by atoms with van der Waals surface area (Å²) in [7, 11) is 1.53. The molecule has 3 aromatic carbocycles. The van der Waals surface area contributed by atoms with Crippen LogP contribution in [0.3, 0.4) is 0 Å². The summed E-state index contributed by atoms with van der Waals surface area (Å²) in [4.78, 5) is 27.4. The predicted molar refractivity (Wildman–Crippen MR) is 133 cm³/mol. The van der Waals surface area contributed by atoms with Gasteiger partial charge in [0, 0.05) is 17.1 Å². The summed E-state index contributed by atoms with van der Waals surface area (Å²) in [6, 6.07) is 17.3. The highest BCUT2D eigenvalue weighted by atomic mass is 35.5. The Kier molecular flexibility index (Phi) is 6.61. The molecule has 0 aliphatic carbocycles. The van der Waals surface area contributed by atoms with Crippen molar-refractivity contribution < 1.29 is 23.8 Å². The van der Waals surface area contributed by atoms with E-state index in [1.165, 1.54) is 13.5 Å². The van der Waals surface area contributed by atoms with E-state index in [2.05, 4.69) is 5.32 Å². The fourth-order valence-electron chi connectivity index (χ4n) is 4.39. The molecule has 7 nitrogen and oxygen atoms in total. The fraction of sp³-hybridized carbons (Fsp3) is 0.259. The average Bonchev–Trinajstić information content (AvgIpc) is 3.47. The van der Waals surface area contributed by atoms with E-state index in [0.29, 0.717) is 51.9 Å². The second-order valence-electron chi connectivity index (χ2n) is 8.47. The Bertz CT molecular complexity index is 1250. The summed E-state index contributed by atoms with van der Waals surface area (Å²) < 4.78 is 17.2. The van der Waals surface area contributed by atoms with Crippen molar-refractivity contribution in [1.82, 2.24) is 5.32 Å². The van der Waals surface area contributed by atoms with Crippen molar-refractivity contribution in [3.05, 3.63) is 76.8 Å². The summed E-state index contributed by atoms with van der Waals surface area (Å²) in [5.74, 6) is 1.24. The summed E-state index contributed by atoms with van der Waals surface area (Å²) >= 11 is 5.92. The lowest BCUT2D eigenvalue weighted by Gasteiger charge is -2.18. The van der Waals surface area contributed by atoms with Crippen LogP contribution in [0, 0.1) is 0 Å². The maximum atomic E-state index is 13.2. The number of fused-ring (bicyclic) bond motifs is 1. The topological polar surface area (TPSA) is 77.1 Å². The van der Waals surface area contributed by atoms with E-state index in [0.717, 1.165) is 24.3 Å². The number of halogens is 1. The molecule has 0 spiro atoms. The number of anilines is 1. The second-order valence-corrected chi connectivity index (χ2v) is 8.91. The summed E-state index contributed by atoms with van der Waals surface area (Å²) in [6.07, 6.45) is 3.26. The Balaban J connectivity index is 1.32. The van der Waals surface area contributed by atoms with Crippen molar-refractivity contribution >= 4 is 29.1 Å². The van der Waals surface area contributed by atoms with E-state index in [4.69, 9.17) is 25.8 Å². The van der Waals surface area contributed by atoms with Crippen molar-refractivity contribution in [2.45, 2.75) is 25.3 Å². The molecule has 2 aliphatic rings. The molecule has 1 fully saturated rings. The number of nitrogens with one attached hydrogen (secondary N) is 1. The first-order chi connectivity index (χ1) is 17.0. The number of carbonyl (C=O) groups excluding carboxylic acids is 2. The zero-order chi connectivity index (χ0) is 24.4. The quantitative estimate of drug-likeness (QED) is 0.421. The van der Waals surface area contributed by atoms with Crippen LogP contribution in [0.2, 0.25) is 5.02 Å². The Labute approximate surface area is 208 Å². The summed E-state index contributed by atoms with van der Waals surface area (Å²) in [5, 5.41) is 4.05. The van der Waals surface area contributed by atoms with Crippen molar-refractivity contribution in [3.8, 4) is 23.0 Å². The zero-order valence-electron chi connectivity index (χ0n) is 19.3. The lowest BCUT2D eigenvalue weighted by atomic mass is 10.1. The molecule has 8 heteroatoms. The number of ether oxygens (including phenoxy) is 3. The van der Waals surface area contributed by atoms with Gasteiger partial charge in [0.15, 0.2) is 11.5 Å². The number of methoxy groups -OCH3 is 1. The molecule has 1 N–H and O–H groups in total. The number of nitrogens with zero attached hydrogens (tertiary/aromatic N) is 1. The van der Waals surface area contributed by atoms with Crippen molar-refractivity contribution in [2.75, 3.05) is 25.2 Å². The van der Waals surface area contributed by atoms with Gasteiger partial charge in [0.1, 0.15) is 11.5 Å². The van der Waals surface area contributed by atoms with E-state index >= 15 is 0 Å². The minimum atomic E-state index is -0.422. The van der Waals surface area contributed by atoms with Gasteiger partial charge in [0.2, 0.25) is 0 Å². The molecule has 5 rings (SSSR count). The number of carbonyl (C=O) groups is 2. The fourth-order valence-corrected chi connectivity index (χ4v) is 4.51. The minimum Gasteiger partial charge on any atom is -0.493 e. The van der Waals surface area contributed by atoms with Gasteiger partial charge in [-0.2, -0.15) is 0 Å². The number of rotatable bonds is 8. The highest BCUT2D eigenvalue weighted by Crippen LogP contribution is 2.37. The third kappa shape index (κ3) is 4.83. The van der Waals surface area contributed by atoms with Crippen LogP contribution in [-0.4, -0.2) is 38.1 Å². The molecule has 2 heterocycles. The largest absolute Gasteiger partial charge is 0.493 e. The van der Waals surface area contributed by atoms with Crippen LogP contribution in [0.5, 0.6) is 23.0 Å². The highest BCUT2D eigenvalue weighted by molar-refractivity contribution is 6.34. The molecule has 0 aromatic heterocycles. The molecule has 2 amide bonds. The molecule has 0 bridgehead atoms. The predicted octanol–water partition coefficient (Wildman–Crippen LogP) is 5.46. The van der Waals surface area contributed by atoms with Crippen LogP contribution in [-0.2, 0) is 0 Å². The standard InChI is InChI=1S/C27H25ClN2O5/c1-33-25-15-19(6-11-24(25)34-14-12-18-3-2-13-29-18)30-26(31)22-10-9-21(16-23(22)27(30)32)35-20-7-4-17(28)5-8-20/h4-11,15-16,18,29H,2-3,12-14H2,1H3. The lowest BCUT2D eigenvalue weighted by molar-refractivity contribution is 0.0926. The number of amides is 2. The number of hydrogen-bond acceptors (Lipinski definition) is 6. The van der Waals surface area contributed by atoms with Gasteiger partial charge in [0.25, 0.3) is 11.8 Å². The molecule has 0 radical (unpaired) electrons. The first-order valence-corrected chi connectivity index (χ1v) is 11.9. The van der Waals surface area contributed by atoms with Crippen LogP contribution in [0.25, 0.3) is 0 Å². The van der Waals surface area contributed by atoms with Gasteiger partial charge in [0.05, 0.1) is 30.5 Å². The third-order valence-corrected chi connectivity index (χ3v) is 6.45. The van der Waals surface area contributed by atoms with E-state index in [9.17, 15) is 9.59 Å². The van der Waals surface area contributed by atoms with E-state index < -0.39 is 11.8 Å². The lowest BCUT2D eigenvalue weighted by Crippen LogP contribution is -2.29. The minimum absolute atomic E-state index is 0.282. The van der Waals surface area contributed by atoms with Gasteiger partial charge >= 0.3 is 0 Å². The van der Waals surface area contributed by atoms with Gasteiger partial charge in [-0.1, -0.05) is 11.6 Å². The molecule has 0 saturated carbocycles. The number of hydrogen-bond donors (Lipinski definition) is 1. The van der Waals surface area contributed by atoms with Crippen LogP contribution in [0.15, 0.2) is 60.7 Å². The SMILES string of the molecule is COc1cc(N2C(=O)c3ccc(Oc4ccc(Cl)cc4)cc3C2=O)ccc1OCCC1CCCN1. The maximum absolute atomic E-state index is 13.2. The molecular formula is C27H25ClN2O5. The Hall–Kier alpha value is -3.55. The molecular weight excluding hydrogens is 468 g/mol. The van der Waals surface area contributed by atoms with Gasteiger partial charge < -0.3 is 19.5 Å². The van der Waals surface area contributed by atoms with Gasteiger partial charge in [-0.15, -0.1) is 0 Å². The Morgan fingerprint density at radius 2 is 1.71 bits per heavy atom. The zero-order valence-corrected chi connectivity index (χ0v) is 20.0. The molecule has 35 heavy (non-hydrogen) atoms. The molecule has 180 valence electrons. The molecule has 1 saturated heterocycles.